The van der Waals surface area contributed by atoms with E-state index in [9.17, 15) is 9.18 Å². The molecule has 2 atom stereocenters. The molecule has 0 amide bonds. The number of fused-ring (bicyclic) bond motifs is 2. The summed E-state index contributed by atoms with van der Waals surface area (Å²) >= 11 is 0. The van der Waals surface area contributed by atoms with Crippen molar-refractivity contribution in [1.29, 1.82) is 0 Å². The number of rotatable bonds is 7. The van der Waals surface area contributed by atoms with Crippen molar-refractivity contribution in [3.8, 4) is 17.4 Å². The highest BCUT2D eigenvalue weighted by atomic mass is 19.1. The molecule has 10 heteroatoms. The van der Waals surface area contributed by atoms with Gasteiger partial charge >= 0.3 is 5.97 Å². The molecule has 0 aliphatic carbocycles. The first-order chi connectivity index (χ1) is 15.2. The topological polar surface area (TPSA) is 117 Å². The smallest absolute Gasteiger partial charge is 0.323 e. The lowest BCUT2D eigenvalue weighted by atomic mass is 10.2. The average Bonchev–Trinajstić information content (AvgIpc) is 3.29. The number of carbonyl (C=O) groups is 1. The number of benzene rings is 1. The Bertz CT molecular complexity index is 1300. The van der Waals surface area contributed by atoms with Crippen molar-refractivity contribution in [2.75, 3.05) is 6.61 Å². The number of halogens is 1. The number of aromatic nitrogens is 4. The van der Waals surface area contributed by atoms with E-state index in [1.807, 2.05) is 13.8 Å². The van der Waals surface area contributed by atoms with E-state index in [-0.39, 0.29) is 18.2 Å². The van der Waals surface area contributed by atoms with Crippen LogP contribution < -0.4 is 15.2 Å². The van der Waals surface area contributed by atoms with Crippen LogP contribution >= 0.6 is 0 Å². The van der Waals surface area contributed by atoms with Crippen LogP contribution in [0.5, 0.6) is 17.4 Å². The van der Waals surface area contributed by atoms with Gasteiger partial charge in [-0.25, -0.2) is 8.91 Å². The highest BCUT2D eigenvalue weighted by Gasteiger charge is 2.19. The van der Waals surface area contributed by atoms with E-state index in [4.69, 9.17) is 19.9 Å². The van der Waals surface area contributed by atoms with Gasteiger partial charge in [0.25, 0.3) is 0 Å². The number of hydrogen-bond donors (Lipinski definition) is 2. The van der Waals surface area contributed by atoms with Crippen molar-refractivity contribution in [1.82, 2.24) is 19.6 Å². The minimum atomic E-state index is -0.707. The summed E-state index contributed by atoms with van der Waals surface area (Å²) in [5, 5.41) is 4.63. The summed E-state index contributed by atoms with van der Waals surface area (Å²) in [6.07, 6.45) is 2.48. The van der Waals surface area contributed by atoms with Crippen molar-refractivity contribution in [2.45, 2.75) is 39.8 Å². The number of hydrogen-bond acceptors (Lipinski definition) is 7. The SMILES string of the molecule is Cc1cc2c(F)c(Oc3ncnn4cc(OC[C@H](C)OC(=O)[C@@H](C)N)c(C)c34)ccc2[nH]1. The Morgan fingerprint density at radius 1 is 1.28 bits per heavy atom. The molecular formula is C22H24FN5O4. The van der Waals surface area contributed by atoms with E-state index >= 15 is 0 Å². The fourth-order valence-corrected chi connectivity index (χ4v) is 3.34. The molecule has 0 saturated heterocycles. The first-order valence-corrected chi connectivity index (χ1v) is 10.1. The molecule has 4 aromatic rings. The summed E-state index contributed by atoms with van der Waals surface area (Å²) < 4.78 is 33.4. The molecule has 3 N–H and O–H groups in total. The number of nitrogens with one attached hydrogen (secondary N) is 1. The highest BCUT2D eigenvalue weighted by Crippen LogP contribution is 2.34. The van der Waals surface area contributed by atoms with Gasteiger partial charge in [0, 0.05) is 22.2 Å². The van der Waals surface area contributed by atoms with E-state index in [2.05, 4.69) is 15.1 Å². The minimum absolute atomic E-state index is 0.0524. The molecule has 4 rings (SSSR count). The number of nitrogens with two attached hydrogens (primary N) is 1. The maximum Gasteiger partial charge on any atom is 0.323 e. The number of aryl methyl sites for hydroxylation is 2. The van der Waals surface area contributed by atoms with Crippen LogP contribution in [-0.4, -0.2) is 44.3 Å². The average molecular weight is 441 g/mol. The molecule has 3 aromatic heterocycles. The van der Waals surface area contributed by atoms with Crippen molar-refractivity contribution in [2.24, 2.45) is 5.73 Å². The third-order valence-corrected chi connectivity index (χ3v) is 4.95. The second kappa shape index (κ2) is 8.46. The van der Waals surface area contributed by atoms with Gasteiger partial charge in [0.1, 0.15) is 36.3 Å². The Labute approximate surface area is 183 Å². The molecule has 0 aliphatic rings. The standard InChI is InChI=1S/C22H24FN5O4/c1-11-7-15-16(27-11)5-6-17(19(15)23)32-21-20-13(3)18(8-28(20)26-10-25-21)30-9-12(2)31-22(29)14(4)24/h5-8,10,12,14,27H,9,24H2,1-4H3/t12-,14+/m0/s1. The normalized spacial score (nSPS) is 13.3. The molecular weight excluding hydrogens is 417 g/mol. The monoisotopic (exact) mass is 441 g/mol. The van der Waals surface area contributed by atoms with Crippen LogP contribution in [0.4, 0.5) is 4.39 Å². The molecule has 0 fully saturated rings. The Hall–Kier alpha value is -3.66. The molecule has 0 spiro atoms. The van der Waals surface area contributed by atoms with Crippen LogP contribution in [0, 0.1) is 19.7 Å². The Balaban J connectivity index is 1.58. The molecule has 9 nitrogen and oxygen atoms in total. The van der Waals surface area contributed by atoms with Crippen LogP contribution in [0.1, 0.15) is 25.1 Å². The van der Waals surface area contributed by atoms with E-state index in [1.54, 1.807) is 42.8 Å². The Morgan fingerprint density at radius 3 is 2.81 bits per heavy atom. The van der Waals surface area contributed by atoms with E-state index < -0.39 is 23.9 Å². The summed E-state index contributed by atoms with van der Waals surface area (Å²) in [6.45, 7) is 7.06. The third-order valence-electron chi connectivity index (χ3n) is 4.95. The van der Waals surface area contributed by atoms with Crippen molar-refractivity contribution in [3.05, 3.63) is 47.8 Å². The second-order valence-corrected chi connectivity index (χ2v) is 7.72. The maximum absolute atomic E-state index is 15.0. The summed E-state index contributed by atoms with van der Waals surface area (Å²) in [4.78, 5) is 18.9. The van der Waals surface area contributed by atoms with Crippen LogP contribution in [-0.2, 0) is 9.53 Å². The lowest BCUT2D eigenvalue weighted by molar-refractivity contribution is -0.150. The number of esters is 1. The number of aromatic amines is 1. The van der Waals surface area contributed by atoms with Crippen molar-refractivity contribution < 1.29 is 23.4 Å². The largest absolute Gasteiger partial charge is 0.488 e. The maximum atomic E-state index is 15.0. The molecule has 0 unspecified atom stereocenters. The zero-order chi connectivity index (χ0) is 23.0. The molecule has 0 bridgehead atoms. The van der Waals surface area contributed by atoms with Gasteiger partial charge in [-0.3, -0.25) is 4.79 Å². The van der Waals surface area contributed by atoms with Crippen molar-refractivity contribution in [3.63, 3.8) is 0 Å². The first kappa shape index (κ1) is 21.6. The van der Waals surface area contributed by atoms with Gasteiger partial charge in [0.05, 0.1) is 6.20 Å². The predicted octanol–water partition coefficient (Wildman–Crippen LogP) is 3.42. The van der Waals surface area contributed by atoms with Crippen LogP contribution in [0.2, 0.25) is 0 Å². The van der Waals surface area contributed by atoms with E-state index in [0.717, 1.165) is 5.69 Å². The highest BCUT2D eigenvalue weighted by molar-refractivity contribution is 5.83. The van der Waals surface area contributed by atoms with Gasteiger partial charge < -0.3 is 24.9 Å². The quantitative estimate of drug-likeness (QED) is 0.422. The summed E-state index contributed by atoms with van der Waals surface area (Å²) in [6, 6.07) is 4.32. The van der Waals surface area contributed by atoms with Crippen LogP contribution in [0.3, 0.4) is 0 Å². The summed E-state index contributed by atoms with van der Waals surface area (Å²) in [5.74, 6) is -0.228. The number of carbonyl (C=O) groups excluding carboxylic acids is 1. The zero-order valence-electron chi connectivity index (χ0n) is 18.2. The van der Waals surface area contributed by atoms with Gasteiger partial charge in [0.15, 0.2) is 11.6 Å². The molecule has 168 valence electrons. The molecule has 0 saturated carbocycles. The lowest BCUT2D eigenvalue weighted by Gasteiger charge is -2.15. The van der Waals surface area contributed by atoms with E-state index in [1.165, 1.54) is 6.33 Å². The van der Waals surface area contributed by atoms with Gasteiger partial charge in [-0.1, -0.05) is 0 Å². The van der Waals surface area contributed by atoms with Gasteiger partial charge in [0.2, 0.25) is 5.88 Å². The number of H-pyrrole nitrogens is 1. The van der Waals surface area contributed by atoms with Gasteiger partial charge in [-0.2, -0.15) is 10.1 Å². The fourth-order valence-electron chi connectivity index (χ4n) is 3.34. The van der Waals surface area contributed by atoms with Crippen LogP contribution in [0.25, 0.3) is 16.4 Å². The Kier molecular flexibility index (Phi) is 5.70. The summed E-state index contributed by atoms with van der Waals surface area (Å²) in [5.41, 5.74) is 8.29. The van der Waals surface area contributed by atoms with Crippen LogP contribution in [0.15, 0.2) is 30.7 Å². The Morgan fingerprint density at radius 2 is 2.06 bits per heavy atom. The zero-order valence-corrected chi connectivity index (χ0v) is 18.2. The lowest BCUT2D eigenvalue weighted by Crippen LogP contribution is -2.33. The predicted molar refractivity (Wildman–Crippen MR) is 115 cm³/mol. The first-order valence-electron chi connectivity index (χ1n) is 10.1. The molecule has 32 heavy (non-hydrogen) atoms. The fraction of sp³-hybridized carbons (Fsp3) is 0.318. The minimum Gasteiger partial charge on any atom is -0.488 e. The number of ether oxygens (including phenoxy) is 3. The van der Waals surface area contributed by atoms with Gasteiger partial charge in [-0.05, 0) is 45.9 Å². The third kappa shape index (κ3) is 4.09. The molecule has 0 radical (unpaired) electrons. The van der Waals surface area contributed by atoms with E-state index in [0.29, 0.717) is 27.7 Å². The molecule has 0 aliphatic heterocycles. The molecule has 1 aromatic carbocycles. The molecule has 3 heterocycles. The van der Waals surface area contributed by atoms with Gasteiger partial charge in [-0.15, -0.1) is 0 Å². The summed E-state index contributed by atoms with van der Waals surface area (Å²) in [7, 11) is 0. The second-order valence-electron chi connectivity index (χ2n) is 7.72. The van der Waals surface area contributed by atoms with Crippen molar-refractivity contribution >= 4 is 22.4 Å². The number of nitrogens with zero attached hydrogens (tertiary/aromatic N) is 3.